The number of benzene rings is 1. The maximum absolute atomic E-state index is 11.0. The van der Waals surface area contributed by atoms with Crippen LogP contribution in [0.1, 0.15) is 5.56 Å². The van der Waals surface area contributed by atoms with Gasteiger partial charge in [-0.1, -0.05) is 24.3 Å². The number of aliphatic carboxylic acids is 1. The molecule has 2 heterocycles. The molecule has 1 aliphatic heterocycles. The molecule has 1 aromatic carbocycles. The summed E-state index contributed by atoms with van der Waals surface area (Å²) >= 11 is 0. The monoisotopic (exact) mass is 272 g/mol. The Morgan fingerprint density at radius 2 is 2.25 bits per heavy atom. The average Bonchev–Trinajstić information content (AvgIpc) is 2.48. The van der Waals surface area contributed by atoms with Crippen molar-refractivity contribution in [3.63, 3.8) is 0 Å². The highest BCUT2D eigenvalue weighted by molar-refractivity contribution is 5.84. The van der Waals surface area contributed by atoms with Gasteiger partial charge in [-0.2, -0.15) is 0 Å². The Morgan fingerprint density at radius 3 is 3.10 bits per heavy atom. The number of aromatic nitrogens is 1. The van der Waals surface area contributed by atoms with Crippen LogP contribution in [0.15, 0.2) is 36.7 Å². The van der Waals surface area contributed by atoms with Crippen LogP contribution >= 0.6 is 0 Å². The third-order valence-corrected chi connectivity index (χ3v) is 3.57. The molecular weight excluding hydrogens is 256 g/mol. The quantitative estimate of drug-likeness (QED) is 0.918. The van der Waals surface area contributed by atoms with Crippen LogP contribution < -0.4 is 0 Å². The maximum atomic E-state index is 11.0. The Bertz CT molecular complexity index is 624. The molecule has 2 aromatic rings. The summed E-state index contributed by atoms with van der Waals surface area (Å²) in [5, 5.41) is 11.3. The molecule has 1 N–H and O–H groups in total. The smallest absolute Gasteiger partial charge is 0.334 e. The van der Waals surface area contributed by atoms with Gasteiger partial charge in [-0.05, 0) is 10.9 Å². The Morgan fingerprint density at radius 1 is 1.40 bits per heavy atom. The Kier molecular flexibility index (Phi) is 3.62. The first-order valence-electron chi connectivity index (χ1n) is 6.62. The number of fused-ring (bicyclic) bond motifs is 1. The second-order valence-electron chi connectivity index (χ2n) is 4.95. The topological polar surface area (TPSA) is 62.7 Å². The second-order valence-corrected chi connectivity index (χ2v) is 4.95. The van der Waals surface area contributed by atoms with E-state index in [-0.39, 0.29) is 0 Å². The van der Waals surface area contributed by atoms with E-state index in [9.17, 15) is 4.79 Å². The fraction of sp³-hybridized carbons (Fsp3) is 0.333. The lowest BCUT2D eigenvalue weighted by Gasteiger charge is -2.30. The Balaban J connectivity index is 1.81. The molecule has 5 heteroatoms. The number of carboxylic acids is 1. The summed E-state index contributed by atoms with van der Waals surface area (Å²) in [6.45, 7) is 2.31. The summed E-state index contributed by atoms with van der Waals surface area (Å²) in [5.41, 5.74) is 1.12. The minimum atomic E-state index is -0.897. The van der Waals surface area contributed by atoms with Crippen molar-refractivity contribution in [1.29, 1.82) is 0 Å². The van der Waals surface area contributed by atoms with E-state index in [1.54, 1.807) is 0 Å². The van der Waals surface area contributed by atoms with Gasteiger partial charge in [0, 0.05) is 37.4 Å². The van der Waals surface area contributed by atoms with Gasteiger partial charge in [0.25, 0.3) is 0 Å². The molecule has 0 amide bonds. The molecular formula is C15H16N2O3. The molecule has 1 atom stereocenters. The first kappa shape index (κ1) is 13.0. The van der Waals surface area contributed by atoms with Crippen LogP contribution in [-0.4, -0.2) is 46.8 Å². The minimum Gasteiger partial charge on any atom is -0.479 e. The first-order chi connectivity index (χ1) is 9.74. The lowest BCUT2D eigenvalue weighted by molar-refractivity contribution is -0.156. The molecule has 104 valence electrons. The highest BCUT2D eigenvalue weighted by Gasteiger charge is 2.26. The zero-order valence-corrected chi connectivity index (χ0v) is 11.0. The highest BCUT2D eigenvalue weighted by Crippen LogP contribution is 2.19. The summed E-state index contributed by atoms with van der Waals surface area (Å²) < 4.78 is 5.24. The normalized spacial score (nSPS) is 20.1. The van der Waals surface area contributed by atoms with Gasteiger partial charge in [-0.15, -0.1) is 0 Å². The third kappa shape index (κ3) is 2.64. The molecule has 0 radical (unpaired) electrons. The third-order valence-electron chi connectivity index (χ3n) is 3.57. The number of rotatable bonds is 3. The summed E-state index contributed by atoms with van der Waals surface area (Å²) in [6.07, 6.45) is 2.97. The number of morpholine rings is 1. The molecule has 1 fully saturated rings. The lowest BCUT2D eigenvalue weighted by atomic mass is 10.1. The first-order valence-corrected chi connectivity index (χ1v) is 6.62. The van der Waals surface area contributed by atoms with Crippen LogP contribution in [0.3, 0.4) is 0 Å². The number of ether oxygens (including phenoxy) is 1. The van der Waals surface area contributed by atoms with Gasteiger partial charge in [-0.25, -0.2) is 4.79 Å². The van der Waals surface area contributed by atoms with Crippen molar-refractivity contribution in [1.82, 2.24) is 9.88 Å². The number of carboxylic acid groups (broad SMARTS) is 1. The number of nitrogens with zero attached hydrogens (tertiary/aromatic N) is 2. The average molecular weight is 272 g/mol. The van der Waals surface area contributed by atoms with E-state index >= 15 is 0 Å². The van der Waals surface area contributed by atoms with Gasteiger partial charge in [0.2, 0.25) is 0 Å². The molecule has 0 spiro atoms. The predicted octanol–water partition coefficient (Wildman–Crippen LogP) is 1.52. The Hall–Kier alpha value is -1.98. The summed E-state index contributed by atoms with van der Waals surface area (Å²) in [6, 6.07) is 8.10. The molecule has 1 unspecified atom stereocenters. The number of hydrogen-bond acceptors (Lipinski definition) is 4. The van der Waals surface area contributed by atoms with Gasteiger partial charge in [0.05, 0.1) is 6.61 Å². The molecule has 1 saturated heterocycles. The van der Waals surface area contributed by atoms with Crippen molar-refractivity contribution in [2.45, 2.75) is 12.6 Å². The van der Waals surface area contributed by atoms with E-state index in [0.717, 1.165) is 17.5 Å². The number of carbonyl (C=O) groups is 1. The van der Waals surface area contributed by atoms with E-state index in [1.165, 1.54) is 5.39 Å². The van der Waals surface area contributed by atoms with E-state index in [0.29, 0.717) is 19.7 Å². The predicted molar refractivity (Wildman–Crippen MR) is 74.4 cm³/mol. The molecule has 0 saturated carbocycles. The van der Waals surface area contributed by atoms with Crippen LogP contribution in [0.25, 0.3) is 10.8 Å². The van der Waals surface area contributed by atoms with E-state index in [2.05, 4.69) is 16.0 Å². The zero-order chi connectivity index (χ0) is 13.9. The molecule has 20 heavy (non-hydrogen) atoms. The van der Waals surface area contributed by atoms with Crippen LogP contribution in [0, 0.1) is 0 Å². The standard InChI is InChI=1S/C15H16N2O3/c18-15(19)14-10-17(5-6-20-14)9-12-8-16-7-11-3-1-2-4-13(11)12/h1-4,7-8,14H,5-6,9-10H2,(H,18,19). The van der Waals surface area contributed by atoms with Crippen molar-refractivity contribution < 1.29 is 14.6 Å². The van der Waals surface area contributed by atoms with Gasteiger partial charge < -0.3 is 9.84 Å². The largest absolute Gasteiger partial charge is 0.479 e. The zero-order valence-electron chi connectivity index (χ0n) is 11.0. The summed E-state index contributed by atoms with van der Waals surface area (Å²) in [7, 11) is 0. The van der Waals surface area contributed by atoms with Crippen molar-refractivity contribution >= 4 is 16.7 Å². The number of pyridine rings is 1. The van der Waals surface area contributed by atoms with Crippen molar-refractivity contribution in [3.05, 3.63) is 42.2 Å². The minimum absolute atomic E-state index is 0.415. The van der Waals surface area contributed by atoms with Crippen molar-refractivity contribution in [3.8, 4) is 0 Å². The SMILES string of the molecule is O=C(O)C1CN(Cc2cncc3ccccc23)CCO1. The fourth-order valence-corrected chi connectivity index (χ4v) is 2.54. The maximum Gasteiger partial charge on any atom is 0.334 e. The summed E-state index contributed by atoms with van der Waals surface area (Å²) in [5.74, 6) is -0.897. The fourth-order valence-electron chi connectivity index (χ4n) is 2.54. The van der Waals surface area contributed by atoms with Crippen LogP contribution in [-0.2, 0) is 16.1 Å². The van der Waals surface area contributed by atoms with E-state index in [1.807, 2.05) is 30.6 Å². The van der Waals surface area contributed by atoms with Crippen LogP contribution in [0.2, 0.25) is 0 Å². The molecule has 1 aliphatic rings. The summed E-state index contributed by atoms with van der Waals surface area (Å²) in [4.78, 5) is 17.4. The van der Waals surface area contributed by atoms with Crippen molar-refractivity contribution in [2.24, 2.45) is 0 Å². The highest BCUT2D eigenvalue weighted by atomic mass is 16.5. The van der Waals surface area contributed by atoms with Gasteiger partial charge in [0.15, 0.2) is 6.10 Å². The molecule has 1 aromatic heterocycles. The van der Waals surface area contributed by atoms with Gasteiger partial charge in [0.1, 0.15) is 0 Å². The molecule has 5 nitrogen and oxygen atoms in total. The van der Waals surface area contributed by atoms with Crippen LogP contribution in [0.4, 0.5) is 0 Å². The molecule has 0 aliphatic carbocycles. The second kappa shape index (κ2) is 5.56. The molecule has 3 rings (SSSR count). The lowest BCUT2D eigenvalue weighted by Crippen LogP contribution is -2.45. The Labute approximate surface area is 116 Å². The van der Waals surface area contributed by atoms with E-state index in [4.69, 9.17) is 9.84 Å². The van der Waals surface area contributed by atoms with Gasteiger partial charge >= 0.3 is 5.97 Å². The van der Waals surface area contributed by atoms with Gasteiger partial charge in [-0.3, -0.25) is 9.88 Å². The number of hydrogen-bond donors (Lipinski definition) is 1. The van der Waals surface area contributed by atoms with E-state index < -0.39 is 12.1 Å². The van der Waals surface area contributed by atoms with Crippen molar-refractivity contribution in [2.75, 3.05) is 19.7 Å². The van der Waals surface area contributed by atoms with Crippen LogP contribution in [0.5, 0.6) is 0 Å². The molecule has 0 bridgehead atoms.